The van der Waals surface area contributed by atoms with Gasteiger partial charge in [0, 0.05) is 24.9 Å². The number of fused-ring (bicyclic) bond motifs is 1. The summed E-state index contributed by atoms with van der Waals surface area (Å²) in [5, 5.41) is 2.97. The van der Waals surface area contributed by atoms with E-state index in [2.05, 4.69) is 10.3 Å². The monoisotopic (exact) mass is 258 g/mol. The molecule has 3 rings (SSSR count). The van der Waals surface area contributed by atoms with Crippen LogP contribution in [0.15, 0.2) is 36.5 Å². The molecule has 2 aromatic rings. The summed E-state index contributed by atoms with van der Waals surface area (Å²) in [5.41, 5.74) is 1.01. The Morgan fingerprint density at radius 1 is 1.21 bits per heavy atom. The van der Waals surface area contributed by atoms with Crippen molar-refractivity contribution in [3.05, 3.63) is 42.1 Å². The Bertz CT molecular complexity index is 569. The molecule has 1 aliphatic heterocycles. The first-order valence-corrected chi connectivity index (χ1v) is 6.00. The highest BCUT2D eigenvalue weighted by Gasteiger charge is 2.13. The zero-order valence-corrected chi connectivity index (χ0v) is 10.6. The summed E-state index contributed by atoms with van der Waals surface area (Å²) in [6.07, 6.45) is 1.79. The topological polar surface area (TPSA) is 52.6 Å². The number of nitrogens with zero attached hydrogens (tertiary/aromatic N) is 1. The Labute approximate surface area is 111 Å². The number of hydrogen-bond acceptors (Lipinski definition) is 5. The molecule has 0 aliphatic carbocycles. The van der Waals surface area contributed by atoms with E-state index < -0.39 is 0 Å². The average Bonchev–Trinajstić information content (AvgIpc) is 2.93. The second kappa shape index (κ2) is 5.06. The molecule has 0 spiro atoms. The van der Waals surface area contributed by atoms with Crippen LogP contribution in [0.5, 0.6) is 17.2 Å². The molecule has 0 unspecified atom stereocenters. The number of rotatable bonds is 4. The molecule has 0 amide bonds. The van der Waals surface area contributed by atoms with Gasteiger partial charge in [0.05, 0.1) is 0 Å². The lowest BCUT2D eigenvalue weighted by Crippen LogP contribution is -1.98. The highest BCUT2D eigenvalue weighted by Crippen LogP contribution is 2.35. The third-order valence-electron chi connectivity index (χ3n) is 2.83. The highest BCUT2D eigenvalue weighted by molar-refractivity contribution is 5.47. The van der Waals surface area contributed by atoms with Crippen LogP contribution >= 0.6 is 0 Å². The van der Waals surface area contributed by atoms with E-state index in [9.17, 15) is 0 Å². The van der Waals surface area contributed by atoms with Gasteiger partial charge in [-0.15, -0.1) is 0 Å². The first-order valence-electron chi connectivity index (χ1n) is 6.00. The third-order valence-corrected chi connectivity index (χ3v) is 2.83. The van der Waals surface area contributed by atoms with Crippen molar-refractivity contribution >= 4 is 5.82 Å². The van der Waals surface area contributed by atoms with E-state index in [4.69, 9.17) is 14.2 Å². The van der Waals surface area contributed by atoms with Crippen LogP contribution in [0.2, 0.25) is 0 Å². The minimum Gasteiger partial charge on any atom is -0.489 e. The molecule has 1 aliphatic rings. The van der Waals surface area contributed by atoms with Gasteiger partial charge in [-0.1, -0.05) is 6.07 Å². The lowest BCUT2D eigenvalue weighted by molar-refractivity contribution is 0.173. The van der Waals surface area contributed by atoms with Crippen LogP contribution < -0.4 is 19.5 Å². The molecule has 19 heavy (non-hydrogen) atoms. The van der Waals surface area contributed by atoms with Gasteiger partial charge in [0.25, 0.3) is 0 Å². The van der Waals surface area contributed by atoms with Gasteiger partial charge >= 0.3 is 0 Å². The third kappa shape index (κ3) is 2.54. The Balaban J connectivity index is 1.65. The lowest BCUT2D eigenvalue weighted by atomic mass is 10.3. The first kappa shape index (κ1) is 11.6. The number of ether oxygens (including phenoxy) is 3. The molecule has 0 saturated heterocycles. The Morgan fingerprint density at radius 2 is 2.11 bits per heavy atom. The molecule has 1 N–H and O–H groups in total. The van der Waals surface area contributed by atoms with Crippen molar-refractivity contribution in [2.24, 2.45) is 0 Å². The van der Waals surface area contributed by atoms with E-state index in [1.165, 1.54) is 0 Å². The largest absolute Gasteiger partial charge is 0.489 e. The van der Waals surface area contributed by atoms with Crippen molar-refractivity contribution in [2.45, 2.75) is 6.61 Å². The first-order chi connectivity index (χ1) is 9.35. The lowest BCUT2D eigenvalue weighted by Gasteiger charge is -2.07. The second-order valence-corrected chi connectivity index (χ2v) is 4.11. The fourth-order valence-corrected chi connectivity index (χ4v) is 1.79. The standard InChI is InChI=1S/C14H14N2O3/c1-15-14-5-2-10(7-16-14)8-17-11-3-4-12-13(6-11)19-9-18-12/h2-7H,8-9H2,1H3,(H,15,16). The van der Waals surface area contributed by atoms with Crippen LogP contribution in [-0.4, -0.2) is 18.8 Å². The summed E-state index contributed by atoms with van der Waals surface area (Å²) in [6, 6.07) is 9.44. The molecule has 0 fully saturated rings. The minimum atomic E-state index is 0.272. The Kier molecular flexibility index (Phi) is 3.10. The Hall–Kier alpha value is -2.43. The van der Waals surface area contributed by atoms with E-state index in [0.29, 0.717) is 6.61 Å². The molecular weight excluding hydrogens is 244 g/mol. The number of benzene rings is 1. The van der Waals surface area contributed by atoms with Crippen LogP contribution in [0, 0.1) is 0 Å². The number of aromatic nitrogens is 1. The fraction of sp³-hybridized carbons (Fsp3) is 0.214. The maximum absolute atomic E-state index is 5.69. The van der Waals surface area contributed by atoms with E-state index in [1.54, 1.807) is 6.20 Å². The molecule has 1 aromatic carbocycles. The number of nitrogens with one attached hydrogen (secondary N) is 1. The molecule has 0 saturated carbocycles. The maximum atomic E-state index is 5.69. The number of anilines is 1. The predicted octanol–water partition coefficient (Wildman–Crippen LogP) is 2.43. The molecular formula is C14H14N2O3. The zero-order valence-electron chi connectivity index (χ0n) is 10.6. The fourth-order valence-electron chi connectivity index (χ4n) is 1.79. The van der Waals surface area contributed by atoms with Gasteiger partial charge in [-0.05, 0) is 18.2 Å². The average molecular weight is 258 g/mol. The molecule has 0 radical (unpaired) electrons. The molecule has 2 heterocycles. The van der Waals surface area contributed by atoms with Crippen molar-refractivity contribution in [3.8, 4) is 17.2 Å². The molecule has 1 aromatic heterocycles. The van der Waals surface area contributed by atoms with Crippen LogP contribution in [-0.2, 0) is 6.61 Å². The molecule has 0 atom stereocenters. The van der Waals surface area contributed by atoms with Gasteiger partial charge in [0.15, 0.2) is 11.5 Å². The quantitative estimate of drug-likeness (QED) is 0.912. The van der Waals surface area contributed by atoms with Crippen LogP contribution in [0.25, 0.3) is 0 Å². The second-order valence-electron chi connectivity index (χ2n) is 4.11. The van der Waals surface area contributed by atoms with E-state index in [1.807, 2.05) is 37.4 Å². The van der Waals surface area contributed by atoms with Gasteiger partial charge in [0.2, 0.25) is 6.79 Å². The van der Waals surface area contributed by atoms with E-state index in [-0.39, 0.29) is 6.79 Å². The maximum Gasteiger partial charge on any atom is 0.231 e. The molecule has 5 heteroatoms. The van der Waals surface area contributed by atoms with Crippen molar-refractivity contribution in [3.63, 3.8) is 0 Å². The summed E-state index contributed by atoms with van der Waals surface area (Å²) >= 11 is 0. The Morgan fingerprint density at radius 3 is 2.89 bits per heavy atom. The summed E-state index contributed by atoms with van der Waals surface area (Å²) in [5.74, 6) is 3.07. The van der Waals surface area contributed by atoms with Crippen LogP contribution in [0.4, 0.5) is 5.82 Å². The summed E-state index contributed by atoms with van der Waals surface area (Å²) in [7, 11) is 1.84. The van der Waals surface area contributed by atoms with Crippen molar-refractivity contribution in [1.82, 2.24) is 4.98 Å². The highest BCUT2D eigenvalue weighted by atomic mass is 16.7. The zero-order chi connectivity index (χ0) is 13.1. The normalized spacial score (nSPS) is 12.3. The summed E-state index contributed by atoms with van der Waals surface area (Å²) in [4.78, 5) is 4.23. The van der Waals surface area contributed by atoms with E-state index in [0.717, 1.165) is 28.6 Å². The number of pyridine rings is 1. The van der Waals surface area contributed by atoms with Gasteiger partial charge in [-0.3, -0.25) is 0 Å². The van der Waals surface area contributed by atoms with Gasteiger partial charge < -0.3 is 19.5 Å². The SMILES string of the molecule is CNc1ccc(COc2ccc3c(c2)OCO3)cn1. The van der Waals surface area contributed by atoms with Crippen molar-refractivity contribution in [2.75, 3.05) is 19.2 Å². The smallest absolute Gasteiger partial charge is 0.231 e. The summed E-state index contributed by atoms with van der Waals surface area (Å²) in [6.45, 7) is 0.741. The molecule has 5 nitrogen and oxygen atoms in total. The van der Waals surface area contributed by atoms with Crippen molar-refractivity contribution < 1.29 is 14.2 Å². The van der Waals surface area contributed by atoms with Crippen molar-refractivity contribution in [1.29, 1.82) is 0 Å². The minimum absolute atomic E-state index is 0.272. The summed E-state index contributed by atoms with van der Waals surface area (Å²) < 4.78 is 16.2. The van der Waals surface area contributed by atoms with Gasteiger partial charge in [-0.2, -0.15) is 0 Å². The molecule has 98 valence electrons. The van der Waals surface area contributed by atoms with Gasteiger partial charge in [-0.25, -0.2) is 4.98 Å². The van der Waals surface area contributed by atoms with E-state index >= 15 is 0 Å². The predicted molar refractivity (Wildman–Crippen MR) is 70.7 cm³/mol. The van der Waals surface area contributed by atoms with Crippen LogP contribution in [0.3, 0.4) is 0 Å². The number of hydrogen-bond donors (Lipinski definition) is 1. The van der Waals surface area contributed by atoms with Crippen LogP contribution in [0.1, 0.15) is 5.56 Å². The van der Waals surface area contributed by atoms with Gasteiger partial charge in [0.1, 0.15) is 18.2 Å². The molecule has 0 bridgehead atoms.